The molecule has 0 spiro atoms. The molecule has 1 atom stereocenters. The summed E-state index contributed by atoms with van der Waals surface area (Å²) in [6, 6.07) is 7.33. The van der Waals surface area contributed by atoms with E-state index in [1.165, 1.54) is 54.2 Å². The van der Waals surface area contributed by atoms with E-state index in [-0.39, 0.29) is 0 Å². The Morgan fingerprint density at radius 1 is 1.41 bits per heavy atom. The summed E-state index contributed by atoms with van der Waals surface area (Å²) in [5.41, 5.74) is 3.63. The molecule has 0 aliphatic heterocycles. The van der Waals surface area contributed by atoms with Gasteiger partial charge in [-0.2, -0.15) is 0 Å². The van der Waals surface area contributed by atoms with E-state index in [2.05, 4.69) is 46.4 Å². The van der Waals surface area contributed by atoms with Crippen molar-refractivity contribution in [2.75, 3.05) is 6.54 Å². The fourth-order valence-electron chi connectivity index (χ4n) is 3.12. The Morgan fingerprint density at radius 2 is 2.24 bits per heavy atom. The van der Waals surface area contributed by atoms with Crippen LogP contribution in [0.4, 0.5) is 0 Å². The van der Waals surface area contributed by atoms with E-state index in [0.717, 1.165) is 0 Å². The van der Waals surface area contributed by atoms with E-state index in [9.17, 15) is 0 Å². The van der Waals surface area contributed by atoms with Gasteiger partial charge in [0.2, 0.25) is 0 Å². The molecule has 1 fully saturated rings. The fraction of sp³-hybridized carbons (Fsp3) is 0.600. The zero-order valence-corrected chi connectivity index (χ0v) is 12.0. The van der Waals surface area contributed by atoms with Gasteiger partial charge < -0.3 is 5.32 Å². The van der Waals surface area contributed by atoms with E-state index in [4.69, 9.17) is 0 Å². The molecule has 1 aromatic rings. The Balaban J connectivity index is 1.67. The largest absolute Gasteiger partial charge is 0.309 e. The van der Waals surface area contributed by atoms with Gasteiger partial charge in [-0.15, -0.1) is 0 Å². The maximum Gasteiger partial charge on any atom is 0.0326 e. The Hall–Kier alpha value is -0.340. The fourth-order valence-corrected chi connectivity index (χ4v) is 3.53. The molecule has 0 aromatic heterocycles. The van der Waals surface area contributed by atoms with Crippen LogP contribution < -0.4 is 5.32 Å². The summed E-state index contributed by atoms with van der Waals surface area (Å²) < 4.78 is 1.21. The molecule has 92 valence electrons. The van der Waals surface area contributed by atoms with Gasteiger partial charge >= 0.3 is 0 Å². The third-order valence-corrected chi connectivity index (χ3v) is 5.01. The Morgan fingerprint density at radius 3 is 2.94 bits per heavy atom. The van der Waals surface area contributed by atoms with Crippen LogP contribution >= 0.6 is 15.9 Å². The molecule has 0 amide bonds. The van der Waals surface area contributed by atoms with Gasteiger partial charge in [-0.05, 0) is 54.4 Å². The van der Waals surface area contributed by atoms with E-state index in [0.29, 0.717) is 11.5 Å². The maximum atomic E-state index is 3.78. The summed E-state index contributed by atoms with van der Waals surface area (Å²) in [4.78, 5) is 0. The lowest BCUT2D eigenvalue weighted by Crippen LogP contribution is -2.38. The van der Waals surface area contributed by atoms with E-state index >= 15 is 0 Å². The highest BCUT2D eigenvalue weighted by molar-refractivity contribution is 9.10. The first-order valence-corrected chi connectivity index (χ1v) is 7.47. The maximum absolute atomic E-state index is 3.78. The molecule has 1 aromatic carbocycles. The number of halogens is 1. The van der Waals surface area contributed by atoms with Crippen molar-refractivity contribution in [1.29, 1.82) is 0 Å². The molecule has 1 nitrogen and oxygen atoms in total. The van der Waals surface area contributed by atoms with Crippen molar-refractivity contribution < 1.29 is 0 Å². The quantitative estimate of drug-likeness (QED) is 0.880. The average molecular weight is 294 g/mol. The van der Waals surface area contributed by atoms with Gasteiger partial charge in [-0.3, -0.25) is 0 Å². The third-order valence-electron chi connectivity index (χ3n) is 4.52. The Labute approximate surface area is 112 Å². The van der Waals surface area contributed by atoms with Crippen LogP contribution in [-0.2, 0) is 6.42 Å². The zero-order valence-electron chi connectivity index (χ0n) is 10.4. The second-order valence-electron chi connectivity index (χ2n) is 5.98. The van der Waals surface area contributed by atoms with Crippen molar-refractivity contribution in [3.63, 3.8) is 0 Å². The normalized spacial score (nSPS) is 25.4. The predicted molar refractivity (Wildman–Crippen MR) is 75.2 cm³/mol. The van der Waals surface area contributed by atoms with Crippen LogP contribution in [0.25, 0.3) is 0 Å². The summed E-state index contributed by atoms with van der Waals surface area (Å²) in [6.07, 6.45) is 6.72. The van der Waals surface area contributed by atoms with E-state index < -0.39 is 0 Å². The monoisotopic (exact) mass is 293 g/mol. The summed E-state index contributed by atoms with van der Waals surface area (Å²) in [7, 11) is 0. The number of aryl methyl sites for hydroxylation is 1. The second-order valence-corrected chi connectivity index (χ2v) is 6.90. The highest BCUT2D eigenvalue weighted by atomic mass is 79.9. The van der Waals surface area contributed by atoms with Gasteiger partial charge in [0.05, 0.1) is 0 Å². The molecule has 17 heavy (non-hydrogen) atoms. The molecular formula is C15H20BrN. The van der Waals surface area contributed by atoms with Gasteiger partial charge in [0.25, 0.3) is 0 Å². The van der Waals surface area contributed by atoms with E-state index in [1.807, 2.05) is 0 Å². The minimum absolute atomic E-state index is 0.581. The lowest BCUT2D eigenvalue weighted by atomic mass is 9.70. The Kier molecular flexibility index (Phi) is 3.04. The molecule has 0 radical (unpaired) electrons. The van der Waals surface area contributed by atoms with Crippen LogP contribution in [0.3, 0.4) is 0 Å². The molecule has 0 heterocycles. The van der Waals surface area contributed by atoms with Crippen molar-refractivity contribution >= 4 is 15.9 Å². The summed E-state index contributed by atoms with van der Waals surface area (Å²) in [5.74, 6) is 0. The number of fused-ring (bicyclic) bond motifs is 1. The van der Waals surface area contributed by atoms with Crippen LogP contribution in [-0.4, -0.2) is 6.54 Å². The number of rotatable bonds is 3. The van der Waals surface area contributed by atoms with Crippen molar-refractivity contribution in [1.82, 2.24) is 5.32 Å². The molecule has 0 saturated heterocycles. The predicted octanol–water partition coefficient (Wildman–Crippen LogP) is 4.22. The van der Waals surface area contributed by atoms with Crippen LogP contribution in [0.1, 0.15) is 49.8 Å². The molecule has 2 heteroatoms. The van der Waals surface area contributed by atoms with Gasteiger partial charge in [0.15, 0.2) is 0 Å². The molecule has 2 aliphatic carbocycles. The van der Waals surface area contributed by atoms with Crippen molar-refractivity contribution in [2.24, 2.45) is 5.41 Å². The number of benzene rings is 1. The molecule has 1 unspecified atom stereocenters. The lowest BCUT2D eigenvalue weighted by molar-refractivity contribution is 0.150. The number of nitrogens with one attached hydrogen (secondary N) is 1. The summed E-state index contributed by atoms with van der Waals surface area (Å²) in [5, 5.41) is 3.78. The smallest absolute Gasteiger partial charge is 0.0326 e. The Bertz CT molecular complexity index is 423. The summed E-state index contributed by atoms with van der Waals surface area (Å²) >= 11 is 3.56. The lowest BCUT2D eigenvalue weighted by Gasteiger charge is -2.39. The molecule has 0 bridgehead atoms. The number of hydrogen-bond donors (Lipinski definition) is 1. The SMILES string of the molecule is CC1(CNC2CCc3cc(Br)ccc32)CCC1. The van der Waals surface area contributed by atoms with Crippen LogP contribution in [0, 0.1) is 5.41 Å². The van der Waals surface area contributed by atoms with Gasteiger partial charge in [0.1, 0.15) is 0 Å². The van der Waals surface area contributed by atoms with Crippen LogP contribution in [0.5, 0.6) is 0 Å². The van der Waals surface area contributed by atoms with Crippen LogP contribution in [0.2, 0.25) is 0 Å². The minimum Gasteiger partial charge on any atom is -0.309 e. The topological polar surface area (TPSA) is 12.0 Å². The van der Waals surface area contributed by atoms with Crippen molar-refractivity contribution in [2.45, 2.75) is 45.1 Å². The van der Waals surface area contributed by atoms with E-state index in [1.54, 1.807) is 0 Å². The first-order chi connectivity index (χ1) is 8.16. The first-order valence-electron chi connectivity index (χ1n) is 6.68. The van der Waals surface area contributed by atoms with Gasteiger partial charge in [0, 0.05) is 17.1 Å². The zero-order chi connectivity index (χ0) is 11.9. The standard InChI is InChI=1S/C15H20BrN/c1-15(7-2-8-15)10-17-14-6-3-11-9-12(16)4-5-13(11)14/h4-5,9,14,17H,2-3,6-8,10H2,1H3. The molecular weight excluding hydrogens is 274 g/mol. The number of hydrogen-bond acceptors (Lipinski definition) is 1. The first kappa shape index (κ1) is 11.7. The van der Waals surface area contributed by atoms with Crippen molar-refractivity contribution in [3.05, 3.63) is 33.8 Å². The average Bonchev–Trinajstić information content (AvgIpc) is 2.66. The molecule has 1 N–H and O–H groups in total. The second kappa shape index (κ2) is 4.40. The third kappa shape index (κ3) is 2.30. The molecule has 2 aliphatic rings. The molecule has 3 rings (SSSR count). The minimum atomic E-state index is 0.581. The molecule has 1 saturated carbocycles. The van der Waals surface area contributed by atoms with Crippen molar-refractivity contribution in [3.8, 4) is 0 Å². The summed E-state index contributed by atoms with van der Waals surface area (Å²) in [6.45, 7) is 3.61. The highest BCUT2D eigenvalue weighted by Crippen LogP contribution is 2.41. The van der Waals surface area contributed by atoms with Crippen LogP contribution in [0.15, 0.2) is 22.7 Å². The van der Waals surface area contributed by atoms with Gasteiger partial charge in [-0.1, -0.05) is 35.3 Å². The highest BCUT2D eigenvalue weighted by Gasteiger charge is 2.33. The van der Waals surface area contributed by atoms with Gasteiger partial charge in [-0.25, -0.2) is 0 Å².